The third-order valence-electron chi connectivity index (χ3n) is 5.25. The highest BCUT2D eigenvalue weighted by Crippen LogP contribution is 2.31. The molecule has 29 heavy (non-hydrogen) atoms. The highest BCUT2D eigenvalue weighted by molar-refractivity contribution is 5.70. The van der Waals surface area contributed by atoms with Crippen molar-refractivity contribution in [2.24, 2.45) is 0 Å². The molecule has 1 saturated heterocycles. The summed E-state index contributed by atoms with van der Waals surface area (Å²) in [5.74, 6) is 1.67. The van der Waals surface area contributed by atoms with E-state index < -0.39 is 6.10 Å². The van der Waals surface area contributed by atoms with Crippen molar-refractivity contribution in [3.05, 3.63) is 29.5 Å². The minimum Gasteiger partial charge on any atom is -0.422 e. The lowest BCUT2D eigenvalue weighted by atomic mass is 9.96. The lowest BCUT2D eigenvalue weighted by Crippen LogP contribution is -2.34. The molecule has 0 radical (unpaired) electrons. The third-order valence-corrected chi connectivity index (χ3v) is 5.25. The largest absolute Gasteiger partial charge is 0.422 e. The molecular formula is C20H28N6O3. The Morgan fingerprint density at radius 3 is 2.76 bits per heavy atom. The van der Waals surface area contributed by atoms with E-state index in [0.29, 0.717) is 42.8 Å². The fraction of sp³-hybridized carbons (Fsp3) is 0.600. The number of aliphatic hydroxyl groups excluding tert-OH is 1. The van der Waals surface area contributed by atoms with Crippen LogP contribution in [0.5, 0.6) is 0 Å². The van der Waals surface area contributed by atoms with Crippen LogP contribution in [0.4, 0.5) is 6.01 Å². The molecule has 1 aliphatic rings. The number of ether oxygens (including phenoxy) is 1. The van der Waals surface area contributed by atoms with Gasteiger partial charge in [-0.25, -0.2) is 14.6 Å². The molecule has 1 unspecified atom stereocenters. The zero-order valence-corrected chi connectivity index (χ0v) is 17.2. The molecule has 9 heteroatoms. The summed E-state index contributed by atoms with van der Waals surface area (Å²) in [4.78, 5) is 15.8. The maximum atomic E-state index is 9.91. The van der Waals surface area contributed by atoms with Crippen molar-refractivity contribution in [1.82, 2.24) is 24.7 Å². The highest BCUT2D eigenvalue weighted by atomic mass is 16.5. The van der Waals surface area contributed by atoms with Crippen LogP contribution in [0, 0.1) is 6.92 Å². The van der Waals surface area contributed by atoms with Gasteiger partial charge in [0.25, 0.3) is 6.01 Å². The van der Waals surface area contributed by atoms with E-state index >= 15 is 0 Å². The number of rotatable bonds is 7. The van der Waals surface area contributed by atoms with Crippen molar-refractivity contribution >= 4 is 17.2 Å². The van der Waals surface area contributed by atoms with Gasteiger partial charge in [0.15, 0.2) is 11.4 Å². The summed E-state index contributed by atoms with van der Waals surface area (Å²) in [5.41, 5.74) is 2.29. The predicted molar refractivity (Wildman–Crippen MR) is 108 cm³/mol. The normalized spacial score (nSPS) is 16.6. The van der Waals surface area contributed by atoms with Crippen LogP contribution in [-0.4, -0.2) is 56.1 Å². The van der Waals surface area contributed by atoms with Gasteiger partial charge in [0.2, 0.25) is 5.65 Å². The van der Waals surface area contributed by atoms with E-state index in [0.717, 1.165) is 37.4 Å². The number of oxazole rings is 1. The molecule has 156 valence electrons. The molecule has 1 aliphatic heterocycles. The Balaban J connectivity index is 1.47. The van der Waals surface area contributed by atoms with Crippen LogP contribution >= 0.6 is 0 Å². The van der Waals surface area contributed by atoms with Crippen LogP contribution in [0.15, 0.2) is 16.5 Å². The first-order chi connectivity index (χ1) is 14.0. The van der Waals surface area contributed by atoms with Crippen LogP contribution in [0.3, 0.4) is 0 Å². The average Bonchev–Trinajstić information content (AvgIpc) is 3.32. The molecule has 0 bridgehead atoms. The predicted octanol–water partition coefficient (Wildman–Crippen LogP) is 2.60. The SMILES string of the molecule is CCOCCn1nc(C(C)O)nc1C1CCN(c2nc3nc(C)ccc3o2)CC1. The molecule has 0 amide bonds. The number of aliphatic hydroxyl groups is 1. The van der Waals surface area contributed by atoms with Crippen molar-refractivity contribution in [1.29, 1.82) is 0 Å². The number of hydrogen-bond donors (Lipinski definition) is 1. The molecule has 0 saturated carbocycles. The third kappa shape index (κ3) is 4.25. The number of anilines is 1. The number of fused-ring (bicyclic) bond motifs is 1. The zero-order valence-electron chi connectivity index (χ0n) is 17.2. The van der Waals surface area contributed by atoms with Gasteiger partial charge in [-0.3, -0.25) is 0 Å². The smallest absolute Gasteiger partial charge is 0.299 e. The van der Waals surface area contributed by atoms with Gasteiger partial charge in [0.05, 0.1) is 13.2 Å². The molecule has 0 aliphatic carbocycles. The fourth-order valence-electron chi connectivity index (χ4n) is 3.68. The first-order valence-corrected chi connectivity index (χ1v) is 10.2. The van der Waals surface area contributed by atoms with Gasteiger partial charge in [-0.1, -0.05) is 0 Å². The molecule has 3 aromatic heterocycles. The van der Waals surface area contributed by atoms with Crippen molar-refractivity contribution in [3.8, 4) is 0 Å². The Morgan fingerprint density at radius 1 is 1.24 bits per heavy atom. The van der Waals surface area contributed by atoms with Gasteiger partial charge < -0.3 is 19.2 Å². The second kappa shape index (κ2) is 8.46. The van der Waals surface area contributed by atoms with Gasteiger partial charge in [0.1, 0.15) is 11.9 Å². The Kier molecular flexibility index (Phi) is 5.77. The summed E-state index contributed by atoms with van der Waals surface area (Å²) in [6.07, 6.45) is 1.15. The van der Waals surface area contributed by atoms with Crippen LogP contribution in [-0.2, 0) is 11.3 Å². The molecule has 1 N–H and O–H groups in total. The first-order valence-electron chi connectivity index (χ1n) is 10.2. The first kappa shape index (κ1) is 19.8. The zero-order chi connectivity index (χ0) is 20.4. The number of nitrogens with zero attached hydrogens (tertiary/aromatic N) is 6. The number of hydrogen-bond acceptors (Lipinski definition) is 8. The number of aryl methyl sites for hydroxylation is 1. The molecule has 4 rings (SSSR count). The van der Waals surface area contributed by atoms with E-state index in [4.69, 9.17) is 9.15 Å². The van der Waals surface area contributed by atoms with Crippen molar-refractivity contribution in [2.45, 2.75) is 52.2 Å². The van der Waals surface area contributed by atoms with Crippen LogP contribution in [0.2, 0.25) is 0 Å². The van der Waals surface area contributed by atoms with E-state index in [9.17, 15) is 5.11 Å². The summed E-state index contributed by atoms with van der Waals surface area (Å²) in [7, 11) is 0. The fourth-order valence-corrected chi connectivity index (χ4v) is 3.68. The molecular weight excluding hydrogens is 372 g/mol. The number of piperidine rings is 1. The van der Waals surface area contributed by atoms with Crippen LogP contribution in [0.1, 0.15) is 56.1 Å². The Bertz CT molecular complexity index is 958. The van der Waals surface area contributed by atoms with Gasteiger partial charge in [0, 0.05) is 31.3 Å². The molecule has 0 aromatic carbocycles. The Morgan fingerprint density at radius 2 is 2.03 bits per heavy atom. The van der Waals surface area contributed by atoms with E-state index in [1.807, 2.05) is 30.7 Å². The maximum absolute atomic E-state index is 9.91. The summed E-state index contributed by atoms with van der Waals surface area (Å²) in [6.45, 7) is 9.14. The average molecular weight is 400 g/mol. The van der Waals surface area contributed by atoms with E-state index in [1.165, 1.54) is 0 Å². The summed E-state index contributed by atoms with van der Waals surface area (Å²) < 4.78 is 13.3. The van der Waals surface area contributed by atoms with E-state index in [-0.39, 0.29) is 5.92 Å². The maximum Gasteiger partial charge on any atom is 0.299 e. The number of aromatic nitrogens is 5. The topological polar surface area (TPSA) is 102 Å². The van der Waals surface area contributed by atoms with Gasteiger partial charge in [-0.2, -0.15) is 10.1 Å². The van der Waals surface area contributed by atoms with Crippen LogP contribution in [0.25, 0.3) is 11.2 Å². The quantitative estimate of drug-likeness (QED) is 0.604. The molecule has 1 atom stereocenters. The van der Waals surface area contributed by atoms with E-state index in [1.54, 1.807) is 6.92 Å². The van der Waals surface area contributed by atoms with E-state index in [2.05, 4.69) is 25.0 Å². The second-order valence-electron chi connectivity index (χ2n) is 7.46. The van der Waals surface area contributed by atoms with Gasteiger partial charge >= 0.3 is 0 Å². The monoisotopic (exact) mass is 400 g/mol. The second-order valence-corrected chi connectivity index (χ2v) is 7.46. The highest BCUT2D eigenvalue weighted by Gasteiger charge is 2.28. The molecule has 9 nitrogen and oxygen atoms in total. The Labute approximate surface area is 169 Å². The van der Waals surface area contributed by atoms with Gasteiger partial charge in [-0.15, -0.1) is 0 Å². The minimum absolute atomic E-state index is 0.276. The molecule has 1 fully saturated rings. The van der Waals surface area contributed by atoms with Crippen molar-refractivity contribution < 1.29 is 14.3 Å². The molecule has 4 heterocycles. The van der Waals surface area contributed by atoms with Gasteiger partial charge in [-0.05, 0) is 45.7 Å². The summed E-state index contributed by atoms with van der Waals surface area (Å²) in [5, 5.41) is 14.4. The summed E-state index contributed by atoms with van der Waals surface area (Å²) >= 11 is 0. The molecule has 0 spiro atoms. The lowest BCUT2D eigenvalue weighted by Gasteiger charge is -2.30. The molecule has 3 aromatic rings. The minimum atomic E-state index is -0.683. The van der Waals surface area contributed by atoms with Crippen molar-refractivity contribution in [2.75, 3.05) is 31.2 Å². The summed E-state index contributed by atoms with van der Waals surface area (Å²) in [6, 6.07) is 4.47. The number of pyridine rings is 1. The van der Waals surface area contributed by atoms with Crippen LogP contribution < -0.4 is 4.90 Å². The standard InChI is InChI=1S/C20H28N6O3/c1-4-28-12-11-26-19(22-17(24-26)14(3)27)15-7-9-25(10-8-15)20-23-18-16(29-20)6-5-13(2)21-18/h5-6,14-15,27H,4,7-12H2,1-3H3. The lowest BCUT2D eigenvalue weighted by molar-refractivity contribution is 0.134. The van der Waals surface area contributed by atoms with Crippen molar-refractivity contribution in [3.63, 3.8) is 0 Å². The Hall–Kier alpha value is -2.52.